The van der Waals surface area contributed by atoms with Gasteiger partial charge in [0.2, 0.25) is 11.8 Å². The fourth-order valence-electron chi connectivity index (χ4n) is 3.14. The van der Waals surface area contributed by atoms with Gasteiger partial charge in [0, 0.05) is 39.1 Å². The van der Waals surface area contributed by atoms with Gasteiger partial charge in [-0.2, -0.15) is 0 Å². The first-order valence-electron chi connectivity index (χ1n) is 8.24. The van der Waals surface area contributed by atoms with Crippen molar-refractivity contribution in [2.24, 2.45) is 11.7 Å². The molecular weight excluding hydrogens is 290 g/mol. The molecule has 2 atom stereocenters. The number of benzene rings is 1. The Kier molecular flexibility index (Phi) is 5.77. The van der Waals surface area contributed by atoms with Crippen molar-refractivity contribution in [3.63, 3.8) is 0 Å². The van der Waals surface area contributed by atoms with Crippen LogP contribution in [0, 0.1) is 5.92 Å². The first kappa shape index (κ1) is 17.5. The SMILES string of the molecule is CC(=O)N(C)C1CCN(C(=O)C(C)C(N)c2ccccc2)CC1. The summed E-state index contributed by atoms with van der Waals surface area (Å²) < 4.78 is 0. The molecule has 5 nitrogen and oxygen atoms in total. The van der Waals surface area contributed by atoms with Gasteiger partial charge in [-0.1, -0.05) is 37.3 Å². The Labute approximate surface area is 138 Å². The van der Waals surface area contributed by atoms with Crippen LogP contribution in [0.15, 0.2) is 30.3 Å². The van der Waals surface area contributed by atoms with E-state index in [1.54, 1.807) is 11.8 Å². The van der Waals surface area contributed by atoms with Crippen LogP contribution < -0.4 is 5.73 Å². The Morgan fingerprint density at radius 2 is 1.78 bits per heavy atom. The second kappa shape index (κ2) is 7.59. The van der Waals surface area contributed by atoms with Gasteiger partial charge in [-0.25, -0.2) is 0 Å². The highest BCUT2D eigenvalue weighted by atomic mass is 16.2. The monoisotopic (exact) mass is 317 g/mol. The fourth-order valence-corrected chi connectivity index (χ4v) is 3.14. The van der Waals surface area contributed by atoms with Gasteiger partial charge in [0.25, 0.3) is 0 Å². The molecule has 1 aliphatic heterocycles. The molecule has 1 heterocycles. The number of carbonyl (C=O) groups excluding carboxylic acids is 2. The second-order valence-corrected chi connectivity index (χ2v) is 6.41. The third-order valence-electron chi connectivity index (χ3n) is 4.93. The maximum Gasteiger partial charge on any atom is 0.227 e. The Morgan fingerprint density at radius 3 is 2.30 bits per heavy atom. The average molecular weight is 317 g/mol. The van der Waals surface area contributed by atoms with Crippen molar-refractivity contribution in [3.05, 3.63) is 35.9 Å². The van der Waals surface area contributed by atoms with Gasteiger partial charge >= 0.3 is 0 Å². The highest BCUT2D eigenvalue weighted by Gasteiger charge is 2.31. The van der Waals surface area contributed by atoms with Crippen LogP contribution >= 0.6 is 0 Å². The van der Waals surface area contributed by atoms with Gasteiger partial charge in [0.15, 0.2) is 0 Å². The maximum atomic E-state index is 12.7. The summed E-state index contributed by atoms with van der Waals surface area (Å²) in [7, 11) is 1.83. The molecule has 5 heteroatoms. The third kappa shape index (κ3) is 4.10. The van der Waals surface area contributed by atoms with Gasteiger partial charge < -0.3 is 15.5 Å². The van der Waals surface area contributed by atoms with E-state index in [0.717, 1.165) is 18.4 Å². The zero-order chi connectivity index (χ0) is 17.0. The molecule has 1 aromatic carbocycles. The predicted octanol–water partition coefficient (Wildman–Crippen LogP) is 1.79. The lowest BCUT2D eigenvalue weighted by atomic mass is 9.93. The topological polar surface area (TPSA) is 66.6 Å². The lowest BCUT2D eigenvalue weighted by molar-refractivity contribution is -0.138. The molecule has 0 radical (unpaired) electrons. The van der Waals surface area contributed by atoms with E-state index in [1.807, 2.05) is 49.2 Å². The lowest BCUT2D eigenvalue weighted by Crippen LogP contribution is -2.49. The predicted molar refractivity (Wildman–Crippen MR) is 90.6 cm³/mol. The molecule has 1 aliphatic rings. The van der Waals surface area contributed by atoms with E-state index < -0.39 is 0 Å². The summed E-state index contributed by atoms with van der Waals surface area (Å²) in [6.45, 7) is 4.85. The Hall–Kier alpha value is -1.88. The quantitative estimate of drug-likeness (QED) is 0.920. The molecular formula is C18H27N3O2. The van der Waals surface area contributed by atoms with E-state index in [1.165, 1.54) is 0 Å². The van der Waals surface area contributed by atoms with Gasteiger partial charge in [-0.3, -0.25) is 9.59 Å². The number of rotatable bonds is 4. The van der Waals surface area contributed by atoms with Crippen LogP contribution in [0.4, 0.5) is 0 Å². The number of carbonyl (C=O) groups is 2. The Balaban J connectivity index is 1.93. The minimum Gasteiger partial charge on any atom is -0.343 e. The number of nitrogens with zero attached hydrogens (tertiary/aromatic N) is 2. The highest BCUT2D eigenvalue weighted by molar-refractivity contribution is 5.79. The van der Waals surface area contributed by atoms with E-state index >= 15 is 0 Å². The molecule has 126 valence electrons. The zero-order valence-electron chi connectivity index (χ0n) is 14.2. The number of piperidine rings is 1. The van der Waals surface area contributed by atoms with Crippen LogP contribution in [0.5, 0.6) is 0 Å². The van der Waals surface area contributed by atoms with Crippen LogP contribution in [-0.4, -0.2) is 47.8 Å². The van der Waals surface area contributed by atoms with Gasteiger partial charge in [0.05, 0.1) is 5.92 Å². The molecule has 2 N–H and O–H groups in total. The first-order valence-corrected chi connectivity index (χ1v) is 8.24. The molecule has 0 aromatic heterocycles. The Bertz CT molecular complexity index is 538. The number of amides is 2. The number of hydrogen-bond donors (Lipinski definition) is 1. The Morgan fingerprint density at radius 1 is 1.22 bits per heavy atom. The van der Waals surface area contributed by atoms with Crippen molar-refractivity contribution in [2.45, 2.75) is 38.8 Å². The van der Waals surface area contributed by atoms with E-state index in [2.05, 4.69) is 0 Å². The summed E-state index contributed by atoms with van der Waals surface area (Å²) >= 11 is 0. The van der Waals surface area contributed by atoms with E-state index in [-0.39, 0.29) is 29.8 Å². The smallest absolute Gasteiger partial charge is 0.227 e. The molecule has 1 fully saturated rings. The molecule has 0 spiro atoms. The molecule has 2 unspecified atom stereocenters. The number of hydrogen-bond acceptors (Lipinski definition) is 3. The summed E-state index contributed by atoms with van der Waals surface area (Å²) in [4.78, 5) is 27.8. The van der Waals surface area contributed by atoms with Crippen molar-refractivity contribution in [1.29, 1.82) is 0 Å². The molecule has 2 amide bonds. The molecule has 1 aromatic rings. The fraction of sp³-hybridized carbons (Fsp3) is 0.556. The normalized spacial score (nSPS) is 18.3. The van der Waals surface area contributed by atoms with Crippen molar-refractivity contribution in [2.75, 3.05) is 20.1 Å². The third-order valence-corrected chi connectivity index (χ3v) is 4.93. The molecule has 23 heavy (non-hydrogen) atoms. The average Bonchev–Trinajstić information content (AvgIpc) is 2.60. The van der Waals surface area contributed by atoms with Gasteiger partial charge in [-0.05, 0) is 18.4 Å². The van der Waals surface area contributed by atoms with Crippen LogP contribution in [0.25, 0.3) is 0 Å². The van der Waals surface area contributed by atoms with Crippen molar-refractivity contribution in [1.82, 2.24) is 9.80 Å². The van der Waals surface area contributed by atoms with E-state index in [9.17, 15) is 9.59 Å². The van der Waals surface area contributed by atoms with E-state index in [0.29, 0.717) is 13.1 Å². The van der Waals surface area contributed by atoms with Gasteiger partial charge in [0.1, 0.15) is 0 Å². The van der Waals surface area contributed by atoms with Crippen LogP contribution in [0.3, 0.4) is 0 Å². The first-order chi connectivity index (χ1) is 10.9. The zero-order valence-corrected chi connectivity index (χ0v) is 14.2. The van der Waals surface area contributed by atoms with E-state index in [4.69, 9.17) is 5.73 Å². The summed E-state index contributed by atoms with van der Waals surface area (Å²) in [5.74, 6) is -0.0704. The minimum atomic E-state index is -0.290. The van der Waals surface area contributed by atoms with Crippen LogP contribution in [-0.2, 0) is 9.59 Å². The summed E-state index contributed by atoms with van der Waals surface area (Å²) in [5.41, 5.74) is 7.25. The minimum absolute atomic E-state index is 0.0780. The summed E-state index contributed by atoms with van der Waals surface area (Å²) in [5, 5.41) is 0. The molecule has 0 saturated carbocycles. The molecule has 2 rings (SSSR count). The van der Waals surface area contributed by atoms with Crippen LogP contribution in [0.2, 0.25) is 0 Å². The van der Waals surface area contributed by atoms with Crippen molar-refractivity contribution in [3.8, 4) is 0 Å². The second-order valence-electron chi connectivity index (χ2n) is 6.41. The molecule has 1 saturated heterocycles. The largest absolute Gasteiger partial charge is 0.343 e. The standard InChI is InChI=1S/C18H27N3O2/c1-13(17(19)15-7-5-4-6-8-15)18(23)21-11-9-16(10-12-21)20(3)14(2)22/h4-8,13,16-17H,9-12,19H2,1-3H3. The molecule has 0 aliphatic carbocycles. The van der Waals surface area contributed by atoms with Crippen LogP contribution in [0.1, 0.15) is 38.3 Å². The lowest BCUT2D eigenvalue weighted by Gasteiger charge is -2.38. The van der Waals surface area contributed by atoms with Crippen molar-refractivity contribution < 1.29 is 9.59 Å². The highest BCUT2D eigenvalue weighted by Crippen LogP contribution is 2.23. The number of likely N-dealkylation sites (tertiary alicyclic amines) is 1. The number of nitrogens with two attached hydrogens (primary N) is 1. The summed E-state index contributed by atoms with van der Waals surface area (Å²) in [6, 6.07) is 9.69. The van der Waals surface area contributed by atoms with Gasteiger partial charge in [-0.15, -0.1) is 0 Å². The summed E-state index contributed by atoms with van der Waals surface area (Å²) in [6.07, 6.45) is 1.66. The molecule has 0 bridgehead atoms. The maximum absolute atomic E-state index is 12.7. The van der Waals surface area contributed by atoms with Crippen molar-refractivity contribution >= 4 is 11.8 Å².